The molecule has 22 heavy (non-hydrogen) atoms. The van der Waals surface area contributed by atoms with E-state index in [1.54, 1.807) is 0 Å². The maximum absolute atomic E-state index is 9.51. The van der Waals surface area contributed by atoms with Crippen molar-refractivity contribution in [1.82, 2.24) is 14.7 Å². The number of benzene rings is 1. The summed E-state index contributed by atoms with van der Waals surface area (Å²) in [5, 5.41) is 13.9. The number of hydrogen-bond donors (Lipinski definition) is 1. The molecule has 0 saturated heterocycles. The molecule has 2 aromatic rings. The van der Waals surface area contributed by atoms with E-state index < -0.39 is 0 Å². The predicted octanol–water partition coefficient (Wildman–Crippen LogP) is 2.60. The van der Waals surface area contributed by atoms with E-state index in [0.717, 1.165) is 18.7 Å². The van der Waals surface area contributed by atoms with Crippen LogP contribution in [0, 0.1) is 6.92 Å². The van der Waals surface area contributed by atoms with E-state index in [1.165, 1.54) is 29.5 Å². The van der Waals surface area contributed by atoms with Gasteiger partial charge in [0, 0.05) is 37.9 Å². The van der Waals surface area contributed by atoms with Gasteiger partial charge in [-0.1, -0.05) is 24.3 Å². The number of aryl methyl sites for hydroxylation is 3. The molecule has 4 heteroatoms. The zero-order chi connectivity index (χ0) is 15.5. The van der Waals surface area contributed by atoms with Crippen LogP contribution >= 0.6 is 0 Å². The second-order valence-electron chi connectivity index (χ2n) is 6.21. The van der Waals surface area contributed by atoms with Gasteiger partial charge in [0.2, 0.25) is 0 Å². The van der Waals surface area contributed by atoms with Crippen molar-refractivity contribution in [3.63, 3.8) is 0 Å². The lowest BCUT2D eigenvalue weighted by Crippen LogP contribution is -2.33. The Morgan fingerprint density at radius 3 is 2.91 bits per heavy atom. The van der Waals surface area contributed by atoms with Gasteiger partial charge in [-0.05, 0) is 37.3 Å². The number of hydrogen-bond acceptors (Lipinski definition) is 3. The number of rotatable bonds is 5. The normalized spacial score (nSPS) is 17.7. The lowest BCUT2D eigenvalue weighted by molar-refractivity contribution is 0.131. The first kappa shape index (κ1) is 15.3. The summed E-state index contributed by atoms with van der Waals surface area (Å²) < 4.78 is 1.87. The Hall–Kier alpha value is -1.65. The van der Waals surface area contributed by atoms with Crippen LogP contribution in [0.4, 0.5) is 0 Å². The molecule has 0 aliphatic heterocycles. The van der Waals surface area contributed by atoms with Crippen molar-refractivity contribution in [2.45, 2.75) is 38.8 Å². The van der Waals surface area contributed by atoms with Crippen molar-refractivity contribution >= 4 is 0 Å². The zero-order valence-corrected chi connectivity index (χ0v) is 13.5. The van der Waals surface area contributed by atoms with Crippen LogP contribution in [0.25, 0.3) is 0 Å². The Morgan fingerprint density at radius 2 is 2.18 bits per heavy atom. The molecule has 4 nitrogen and oxygen atoms in total. The van der Waals surface area contributed by atoms with Crippen LogP contribution in [0.1, 0.15) is 41.3 Å². The number of aromatic nitrogens is 2. The summed E-state index contributed by atoms with van der Waals surface area (Å²) in [4.78, 5) is 2.40. The van der Waals surface area contributed by atoms with Gasteiger partial charge in [0.15, 0.2) is 0 Å². The van der Waals surface area contributed by atoms with E-state index >= 15 is 0 Å². The topological polar surface area (TPSA) is 41.3 Å². The fourth-order valence-corrected chi connectivity index (χ4v) is 3.60. The minimum absolute atomic E-state index is 0.192. The smallest absolute Gasteiger partial charge is 0.0638 e. The summed E-state index contributed by atoms with van der Waals surface area (Å²) in [6, 6.07) is 9.15. The van der Waals surface area contributed by atoms with E-state index in [9.17, 15) is 5.11 Å². The number of fused-ring (bicyclic) bond motifs is 1. The fraction of sp³-hybridized carbons (Fsp3) is 0.500. The summed E-state index contributed by atoms with van der Waals surface area (Å²) in [5.41, 5.74) is 5.22. The highest BCUT2D eigenvalue weighted by Crippen LogP contribution is 2.35. The second-order valence-corrected chi connectivity index (χ2v) is 6.21. The van der Waals surface area contributed by atoms with Crippen molar-refractivity contribution in [2.24, 2.45) is 7.05 Å². The maximum Gasteiger partial charge on any atom is 0.0638 e. The second kappa shape index (κ2) is 6.63. The van der Waals surface area contributed by atoms with Gasteiger partial charge in [-0.3, -0.25) is 9.58 Å². The minimum atomic E-state index is 0.192. The van der Waals surface area contributed by atoms with Gasteiger partial charge < -0.3 is 5.11 Å². The van der Waals surface area contributed by atoms with Crippen LogP contribution in [0.2, 0.25) is 0 Å². The molecule has 0 fully saturated rings. The van der Waals surface area contributed by atoms with Crippen LogP contribution in [0.3, 0.4) is 0 Å². The van der Waals surface area contributed by atoms with Crippen LogP contribution in [0.5, 0.6) is 0 Å². The number of nitrogens with zero attached hydrogens (tertiary/aromatic N) is 3. The molecule has 0 spiro atoms. The molecule has 1 unspecified atom stereocenters. The Morgan fingerprint density at radius 1 is 1.36 bits per heavy atom. The van der Waals surface area contributed by atoms with Crippen LogP contribution in [-0.2, 0) is 20.0 Å². The summed E-state index contributed by atoms with van der Waals surface area (Å²) in [7, 11) is 1.96. The first-order valence-corrected chi connectivity index (χ1v) is 8.11. The molecular weight excluding hydrogens is 274 g/mol. The first-order chi connectivity index (χ1) is 10.7. The highest BCUT2D eigenvalue weighted by molar-refractivity contribution is 5.32. The Bertz CT molecular complexity index is 635. The molecule has 118 valence electrons. The van der Waals surface area contributed by atoms with Gasteiger partial charge in [-0.25, -0.2) is 0 Å². The summed E-state index contributed by atoms with van der Waals surface area (Å²) in [5.74, 6) is 0. The molecule has 1 aliphatic rings. The molecule has 1 N–H and O–H groups in total. The predicted molar refractivity (Wildman–Crippen MR) is 87.6 cm³/mol. The molecule has 1 aliphatic carbocycles. The molecular formula is C18H25N3O. The molecule has 0 bridgehead atoms. The number of aliphatic hydroxyl groups excluding tert-OH is 1. The van der Waals surface area contributed by atoms with Gasteiger partial charge in [-0.2, -0.15) is 5.10 Å². The minimum Gasteiger partial charge on any atom is -0.395 e. The SMILES string of the molecule is Cc1nn(C)cc1CN(CCO)C1CCCc2ccccc21. The van der Waals surface area contributed by atoms with Gasteiger partial charge in [0.25, 0.3) is 0 Å². The monoisotopic (exact) mass is 299 g/mol. The third kappa shape index (κ3) is 3.08. The molecule has 1 atom stereocenters. The fourth-order valence-electron chi connectivity index (χ4n) is 3.60. The molecule has 1 aromatic carbocycles. The molecule has 1 aromatic heterocycles. The van der Waals surface area contributed by atoms with E-state index in [1.807, 2.05) is 11.7 Å². The lowest BCUT2D eigenvalue weighted by Gasteiger charge is -2.35. The molecule has 0 saturated carbocycles. The highest BCUT2D eigenvalue weighted by Gasteiger charge is 2.26. The Kier molecular flexibility index (Phi) is 4.60. The van der Waals surface area contributed by atoms with Crippen molar-refractivity contribution in [2.75, 3.05) is 13.2 Å². The highest BCUT2D eigenvalue weighted by atomic mass is 16.3. The zero-order valence-electron chi connectivity index (χ0n) is 13.5. The van der Waals surface area contributed by atoms with Crippen LogP contribution in [-0.4, -0.2) is 32.9 Å². The van der Waals surface area contributed by atoms with E-state index in [4.69, 9.17) is 0 Å². The molecule has 1 heterocycles. The third-order valence-electron chi connectivity index (χ3n) is 4.65. The van der Waals surface area contributed by atoms with Crippen molar-refractivity contribution in [3.05, 3.63) is 52.8 Å². The van der Waals surface area contributed by atoms with Crippen LogP contribution in [0.15, 0.2) is 30.5 Å². The average Bonchev–Trinajstić information content (AvgIpc) is 2.84. The number of aliphatic hydroxyl groups is 1. The largest absolute Gasteiger partial charge is 0.395 e. The first-order valence-electron chi connectivity index (χ1n) is 8.11. The van der Waals surface area contributed by atoms with Gasteiger partial charge in [0.1, 0.15) is 0 Å². The summed E-state index contributed by atoms with van der Waals surface area (Å²) in [6.45, 7) is 3.80. The summed E-state index contributed by atoms with van der Waals surface area (Å²) in [6.07, 6.45) is 5.64. The lowest BCUT2D eigenvalue weighted by atomic mass is 9.86. The van der Waals surface area contributed by atoms with E-state index in [-0.39, 0.29) is 6.61 Å². The van der Waals surface area contributed by atoms with Crippen molar-refractivity contribution in [3.8, 4) is 0 Å². The summed E-state index contributed by atoms with van der Waals surface area (Å²) >= 11 is 0. The van der Waals surface area contributed by atoms with Crippen molar-refractivity contribution in [1.29, 1.82) is 0 Å². The molecule has 0 amide bonds. The van der Waals surface area contributed by atoms with Crippen LogP contribution < -0.4 is 0 Å². The Labute approximate surface area is 132 Å². The van der Waals surface area contributed by atoms with Gasteiger partial charge >= 0.3 is 0 Å². The van der Waals surface area contributed by atoms with Gasteiger partial charge in [0.05, 0.1) is 12.3 Å². The van der Waals surface area contributed by atoms with E-state index in [0.29, 0.717) is 12.6 Å². The maximum atomic E-state index is 9.51. The van der Waals surface area contributed by atoms with E-state index in [2.05, 4.69) is 47.4 Å². The Balaban J connectivity index is 1.87. The van der Waals surface area contributed by atoms with Crippen molar-refractivity contribution < 1.29 is 5.11 Å². The molecule has 0 radical (unpaired) electrons. The standard InChI is InChI=1S/C18H25N3O/c1-14-16(12-20(2)19-14)13-21(10-11-22)18-9-5-7-15-6-3-4-8-17(15)18/h3-4,6,8,12,18,22H,5,7,9-11,13H2,1-2H3. The molecule has 3 rings (SSSR count). The average molecular weight is 299 g/mol. The third-order valence-corrected chi connectivity index (χ3v) is 4.65. The quantitative estimate of drug-likeness (QED) is 0.922. The van der Waals surface area contributed by atoms with Gasteiger partial charge in [-0.15, -0.1) is 0 Å².